The van der Waals surface area contributed by atoms with Crippen molar-refractivity contribution in [3.8, 4) is 5.75 Å². The summed E-state index contributed by atoms with van der Waals surface area (Å²) in [4.78, 5) is 12.6. The normalized spacial score (nSPS) is 11.8. The van der Waals surface area contributed by atoms with Crippen LogP contribution in [0.4, 0.5) is 5.69 Å². The maximum absolute atomic E-state index is 12.6. The molecule has 4 nitrogen and oxygen atoms in total. The molecule has 0 spiro atoms. The second kappa shape index (κ2) is 7.71. The SMILES string of the molecule is COc1ccc([C@H](CC(=O)Nc2ccc(C)cc2)n2cccc2)cc1. The second-order valence-corrected chi connectivity index (χ2v) is 6.04. The number of anilines is 1. The molecule has 0 radical (unpaired) electrons. The molecule has 25 heavy (non-hydrogen) atoms. The number of methoxy groups -OCH3 is 1. The van der Waals surface area contributed by atoms with Gasteiger partial charge in [-0.1, -0.05) is 29.8 Å². The highest BCUT2D eigenvalue weighted by atomic mass is 16.5. The Labute approximate surface area is 148 Å². The quantitative estimate of drug-likeness (QED) is 0.725. The third-order valence-electron chi connectivity index (χ3n) is 4.20. The molecule has 0 fully saturated rings. The second-order valence-electron chi connectivity index (χ2n) is 6.04. The van der Waals surface area contributed by atoms with Gasteiger partial charge in [-0.2, -0.15) is 0 Å². The number of hydrogen-bond donors (Lipinski definition) is 1. The van der Waals surface area contributed by atoms with Gasteiger partial charge in [0, 0.05) is 18.1 Å². The summed E-state index contributed by atoms with van der Waals surface area (Å²) in [6.45, 7) is 2.03. The summed E-state index contributed by atoms with van der Waals surface area (Å²) >= 11 is 0. The molecule has 1 heterocycles. The van der Waals surface area contributed by atoms with E-state index in [1.165, 1.54) is 5.56 Å². The van der Waals surface area contributed by atoms with E-state index in [4.69, 9.17) is 4.74 Å². The summed E-state index contributed by atoms with van der Waals surface area (Å²) in [6, 6.07) is 19.5. The molecule has 1 atom stereocenters. The fourth-order valence-electron chi connectivity index (χ4n) is 2.80. The van der Waals surface area contributed by atoms with Crippen LogP contribution in [-0.2, 0) is 4.79 Å². The smallest absolute Gasteiger partial charge is 0.226 e. The number of hydrogen-bond acceptors (Lipinski definition) is 2. The lowest BCUT2D eigenvalue weighted by molar-refractivity contribution is -0.116. The van der Waals surface area contributed by atoms with Crippen LogP contribution >= 0.6 is 0 Å². The van der Waals surface area contributed by atoms with Gasteiger partial charge >= 0.3 is 0 Å². The lowest BCUT2D eigenvalue weighted by Gasteiger charge is -2.19. The molecule has 0 bridgehead atoms. The number of amides is 1. The minimum absolute atomic E-state index is 0.0154. The number of carbonyl (C=O) groups excluding carboxylic acids is 1. The van der Waals surface area contributed by atoms with Crippen molar-refractivity contribution in [1.29, 1.82) is 0 Å². The molecule has 3 aromatic rings. The molecule has 0 saturated heterocycles. The van der Waals surface area contributed by atoms with Crippen LogP contribution in [0.25, 0.3) is 0 Å². The maximum atomic E-state index is 12.6. The van der Waals surface area contributed by atoms with Crippen molar-refractivity contribution in [3.63, 3.8) is 0 Å². The van der Waals surface area contributed by atoms with Crippen LogP contribution in [0.2, 0.25) is 0 Å². The van der Waals surface area contributed by atoms with Crippen LogP contribution in [0, 0.1) is 6.92 Å². The summed E-state index contributed by atoms with van der Waals surface area (Å²) < 4.78 is 7.28. The monoisotopic (exact) mass is 334 g/mol. The first-order valence-corrected chi connectivity index (χ1v) is 8.28. The van der Waals surface area contributed by atoms with Gasteiger partial charge in [0.15, 0.2) is 0 Å². The van der Waals surface area contributed by atoms with E-state index >= 15 is 0 Å². The molecule has 0 unspecified atom stereocenters. The average molecular weight is 334 g/mol. The van der Waals surface area contributed by atoms with Gasteiger partial charge in [-0.3, -0.25) is 4.79 Å². The molecule has 0 saturated carbocycles. The third kappa shape index (κ3) is 4.29. The summed E-state index contributed by atoms with van der Waals surface area (Å²) in [7, 11) is 1.65. The van der Waals surface area contributed by atoms with Gasteiger partial charge in [0.2, 0.25) is 5.91 Å². The molecule has 1 aromatic heterocycles. The third-order valence-corrected chi connectivity index (χ3v) is 4.20. The van der Waals surface area contributed by atoms with E-state index in [0.29, 0.717) is 6.42 Å². The fraction of sp³-hybridized carbons (Fsp3) is 0.190. The van der Waals surface area contributed by atoms with Crippen LogP contribution in [0.5, 0.6) is 5.75 Å². The van der Waals surface area contributed by atoms with Gasteiger partial charge in [0.05, 0.1) is 19.6 Å². The number of ether oxygens (including phenoxy) is 1. The standard InChI is InChI=1S/C21H22N2O2/c1-16-5-9-18(10-6-16)22-21(24)15-20(23-13-3-4-14-23)17-7-11-19(25-2)12-8-17/h3-14,20H,15H2,1-2H3,(H,22,24)/t20-/m0/s1. The van der Waals surface area contributed by atoms with Crippen molar-refractivity contribution in [3.05, 3.63) is 84.2 Å². The van der Waals surface area contributed by atoms with Crippen molar-refractivity contribution >= 4 is 11.6 Å². The van der Waals surface area contributed by atoms with Gasteiger partial charge in [-0.05, 0) is 48.9 Å². The molecular formula is C21H22N2O2. The largest absolute Gasteiger partial charge is 0.497 e. The zero-order valence-corrected chi connectivity index (χ0v) is 14.5. The van der Waals surface area contributed by atoms with E-state index in [-0.39, 0.29) is 11.9 Å². The minimum Gasteiger partial charge on any atom is -0.497 e. The molecule has 1 amide bonds. The summed E-state index contributed by atoms with van der Waals surface area (Å²) in [5, 5.41) is 2.98. The van der Waals surface area contributed by atoms with E-state index in [1.807, 2.05) is 80.0 Å². The Morgan fingerprint density at radius 2 is 1.68 bits per heavy atom. The van der Waals surface area contributed by atoms with Gasteiger partial charge < -0.3 is 14.6 Å². The van der Waals surface area contributed by atoms with Crippen LogP contribution in [0.3, 0.4) is 0 Å². The predicted molar refractivity (Wildman–Crippen MR) is 100.0 cm³/mol. The lowest BCUT2D eigenvalue weighted by atomic mass is 10.0. The van der Waals surface area contributed by atoms with Crippen molar-refractivity contribution in [1.82, 2.24) is 4.57 Å². The number of rotatable bonds is 6. The molecule has 2 aromatic carbocycles. The average Bonchev–Trinajstić information content (AvgIpc) is 3.16. The summed E-state index contributed by atoms with van der Waals surface area (Å²) in [6.07, 6.45) is 4.32. The zero-order valence-electron chi connectivity index (χ0n) is 14.5. The number of aryl methyl sites for hydroxylation is 1. The number of aromatic nitrogens is 1. The Balaban J connectivity index is 1.77. The molecule has 0 aliphatic heterocycles. The van der Waals surface area contributed by atoms with Gasteiger partial charge in [0.1, 0.15) is 5.75 Å². The van der Waals surface area contributed by atoms with Crippen molar-refractivity contribution in [2.24, 2.45) is 0 Å². The van der Waals surface area contributed by atoms with Crippen LogP contribution in [0.1, 0.15) is 23.6 Å². The Kier molecular flexibility index (Phi) is 5.19. The lowest BCUT2D eigenvalue weighted by Crippen LogP contribution is -2.19. The Bertz CT molecular complexity index is 806. The number of nitrogens with one attached hydrogen (secondary N) is 1. The first kappa shape index (κ1) is 16.8. The summed E-state index contributed by atoms with van der Waals surface area (Å²) in [5.41, 5.74) is 3.05. The van der Waals surface area contributed by atoms with E-state index in [2.05, 4.69) is 9.88 Å². The summed E-state index contributed by atoms with van der Waals surface area (Å²) in [5.74, 6) is 0.789. The number of benzene rings is 2. The van der Waals surface area contributed by atoms with Crippen molar-refractivity contribution in [2.45, 2.75) is 19.4 Å². The van der Waals surface area contributed by atoms with E-state index in [0.717, 1.165) is 17.0 Å². The predicted octanol–water partition coefficient (Wildman–Crippen LogP) is 4.42. The first-order chi connectivity index (χ1) is 12.2. The van der Waals surface area contributed by atoms with Crippen molar-refractivity contribution < 1.29 is 9.53 Å². The van der Waals surface area contributed by atoms with E-state index < -0.39 is 0 Å². The van der Waals surface area contributed by atoms with Crippen LogP contribution < -0.4 is 10.1 Å². The Hall–Kier alpha value is -3.01. The first-order valence-electron chi connectivity index (χ1n) is 8.28. The molecule has 3 rings (SSSR count). The molecule has 128 valence electrons. The van der Waals surface area contributed by atoms with Gasteiger partial charge in [0.25, 0.3) is 0 Å². The zero-order chi connectivity index (χ0) is 17.6. The van der Waals surface area contributed by atoms with Crippen LogP contribution in [-0.4, -0.2) is 17.6 Å². The molecule has 1 N–H and O–H groups in total. The maximum Gasteiger partial charge on any atom is 0.226 e. The Morgan fingerprint density at radius 3 is 2.28 bits per heavy atom. The van der Waals surface area contributed by atoms with E-state index in [1.54, 1.807) is 7.11 Å². The molecule has 0 aliphatic rings. The molecule has 0 aliphatic carbocycles. The van der Waals surface area contributed by atoms with E-state index in [9.17, 15) is 4.79 Å². The number of carbonyl (C=O) groups is 1. The molecule has 4 heteroatoms. The number of nitrogens with zero attached hydrogens (tertiary/aromatic N) is 1. The highest BCUT2D eigenvalue weighted by Gasteiger charge is 2.17. The van der Waals surface area contributed by atoms with Crippen LogP contribution in [0.15, 0.2) is 73.1 Å². The fourth-order valence-corrected chi connectivity index (χ4v) is 2.80. The van der Waals surface area contributed by atoms with Crippen molar-refractivity contribution in [2.75, 3.05) is 12.4 Å². The van der Waals surface area contributed by atoms with Gasteiger partial charge in [-0.25, -0.2) is 0 Å². The highest BCUT2D eigenvalue weighted by molar-refractivity contribution is 5.91. The van der Waals surface area contributed by atoms with Gasteiger partial charge in [-0.15, -0.1) is 0 Å². The Morgan fingerprint density at radius 1 is 1.04 bits per heavy atom. The highest BCUT2D eigenvalue weighted by Crippen LogP contribution is 2.25. The topological polar surface area (TPSA) is 43.3 Å². The minimum atomic E-state index is -0.0636. The molecular weight excluding hydrogens is 312 g/mol.